The van der Waals surface area contributed by atoms with Crippen LogP contribution >= 0.6 is 11.6 Å². The summed E-state index contributed by atoms with van der Waals surface area (Å²) in [6, 6.07) is 9.27. The number of rotatable bonds is 5. The molecule has 1 saturated heterocycles. The number of likely N-dealkylation sites (N-methyl/N-ethyl adjacent to an activating group) is 1. The van der Waals surface area contributed by atoms with E-state index >= 15 is 0 Å². The molecule has 13 heteroatoms. The van der Waals surface area contributed by atoms with Crippen molar-refractivity contribution in [2.75, 3.05) is 68.5 Å². The lowest BCUT2D eigenvalue weighted by atomic mass is 10.1. The number of carbonyl (C=O) groups excluding carboxylic acids is 2. The Morgan fingerprint density at radius 3 is 1.71 bits per heavy atom. The third kappa shape index (κ3) is 6.09. The predicted molar refractivity (Wildman–Crippen MR) is 143 cm³/mol. The maximum atomic E-state index is 12.5. The molecule has 38 heavy (non-hydrogen) atoms. The molecule has 2 aromatic rings. The molecule has 0 aliphatic carbocycles. The van der Waals surface area contributed by atoms with Crippen LogP contribution in [-0.2, 0) is 22.4 Å². The number of nitro benzene ring substituents is 2. The highest BCUT2D eigenvalue weighted by Gasteiger charge is 2.28. The largest absolute Gasteiger partial charge is 0.311 e. The zero-order chi connectivity index (χ0) is 27.4. The highest BCUT2D eigenvalue weighted by molar-refractivity contribution is 6.29. The Morgan fingerprint density at radius 2 is 1.26 bits per heavy atom. The first kappa shape index (κ1) is 27.4. The van der Waals surface area contributed by atoms with Crippen LogP contribution in [0.3, 0.4) is 0 Å². The van der Waals surface area contributed by atoms with Gasteiger partial charge in [-0.15, -0.1) is 11.6 Å². The number of anilines is 2. The molecule has 0 atom stereocenters. The summed E-state index contributed by atoms with van der Waals surface area (Å²) < 4.78 is 0. The number of fused-ring (bicyclic) bond motifs is 2. The van der Waals surface area contributed by atoms with Crippen LogP contribution in [-0.4, -0.2) is 90.2 Å². The van der Waals surface area contributed by atoms with Crippen LogP contribution in [0.2, 0.25) is 0 Å². The summed E-state index contributed by atoms with van der Waals surface area (Å²) in [5.41, 5.74) is 3.42. The molecule has 12 nitrogen and oxygen atoms in total. The van der Waals surface area contributed by atoms with Crippen LogP contribution in [0, 0.1) is 20.2 Å². The number of nitrogens with zero attached hydrogens (tertiary/aromatic N) is 6. The number of hydrogen-bond acceptors (Lipinski definition) is 8. The standard InChI is InChI=1S/C15H20N4O3.C10H9ClN2O3/c1-16-6-8-17(9-7-16)11-15(20)18-5-4-12-10-13(19(21)22)2-3-14(12)18;11-6-10(14)12-4-3-7-5-8(13(15)16)1-2-9(7)12/h2-3,10H,4-9,11H2,1H3;1-2,5H,3-4,6H2. The zero-order valence-corrected chi connectivity index (χ0v) is 21.8. The first-order valence-electron chi connectivity index (χ1n) is 12.3. The maximum Gasteiger partial charge on any atom is 0.269 e. The molecule has 2 amide bonds. The van der Waals surface area contributed by atoms with Gasteiger partial charge in [0.2, 0.25) is 11.8 Å². The molecule has 0 N–H and O–H groups in total. The third-order valence-electron chi connectivity index (χ3n) is 7.01. The van der Waals surface area contributed by atoms with Gasteiger partial charge < -0.3 is 14.7 Å². The van der Waals surface area contributed by atoms with E-state index in [1.54, 1.807) is 28.0 Å². The average molecular weight is 545 g/mol. The van der Waals surface area contributed by atoms with Crippen LogP contribution in [0.1, 0.15) is 11.1 Å². The molecule has 5 rings (SSSR count). The van der Waals surface area contributed by atoms with E-state index in [-0.39, 0.29) is 29.1 Å². The molecule has 0 aromatic heterocycles. The molecular formula is C25H29ClN6O6. The molecule has 3 aliphatic rings. The highest BCUT2D eigenvalue weighted by Crippen LogP contribution is 2.32. The van der Waals surface area contributed by atoms with Crippen LogP contribution in [0.25, 0.3) is 0 Å². The van der Waals surface area contributed by atoms with Crippen molar-refractivity contribution in [2.24, 2.45) is 0 Å². The van der Waals surface area contributed by atoms with E-state index in [9.17, 15) is 29.8 Å². The number of carbonyl (C=O) groups is 2. The van der Waals surface area contributed by atoms with E-state index in [4.69, 9.17) is 11.6 Å². The minimum absolute atomic E-state index is 0.0546. The van der Waals surface area contributed by atoms with Crippen molar-refractivity contribution in [3.63, 3.8) is 0 Å². The molecule has 2 aromatic carbocycles. The van der Waals surface area contributed by atoms with Gasteiger partial charge >= 0.3 is 0 Å². The van der Waals surface area contributed by atoms with Crippen molar-refractivity contribution in [2.45, 2.75) is 12.8 Å². The van der Waals surface area contributed by atoms with E-state index in [0.29, 0.717) is 32.5 Å². The fourth-order valence-corrected chi connectivity index (χ4v) is 5.02. The predicted octanol–water partition coefficient (Wildman–Crippen LogP) is 2.45. The van der Waals surface area contributed by atoms with Crippen molar-refractivity contribution < 1.29 is 19.4 Å². The van der Waals surface area contributed by atoms with Gasteiger partial charge in [-0.2, -0.15) is 0 Å². The third-order valence-corrected chi connectivity index (χ3v) is 7.24. The summed E-state index contributed by atoms with van der Waals surface area (Å²) in [4.78, 5) is 52.3. The number of nitro groups is 2. The zero-order valence-electron chi connectivity index (χ0n) is 21.0. The van der Waals surface area contributed by atoms with Crippen molar-refractivity contribution in [3.05, 3.63) is 67.8 Å². The highest BCUT2D eigenvalue weighted by atomic mass is 35.5. The first-order chi connectivity index (χ1) is 18.2. The van der Waals surface area contributed by atoms with Crippen LogP contribution in [0.15, 0.2) is 36.4 Å². The van der Waals surface area contributed by atoms with Gasteiger partial charge in [0.15, 0.2) is 0 Å². The van der Waals surface area contributed by atoms with Crippen molar-refractivity contribution in [1.29, 1.82) is 0 Å². The van der Waals surface area contributed by atoms with Gasteiger partial charge in [-0.25, -0.2) is 0 Å². The van der Waals surface area contributed by atoms with Gasteiger partial charge in [-0.3, -0.25) is 34.7 Å². The van der Waals surface area contributed by atoms with Gasteiger partial charge in [-0.1, -0.05) is 0 Å². The minimum Gasteiger partial charge on any atom is -0.311 e. The maximum absolute atomic E-state index is 12.5. The first-order valence-corrected chi connectivity index (χ1v) is 12.8. The number of hydrogen-bond donors (Lipinski definition) is 0. The number of amides is 2. The van der Waals surface area contributed by atoms with E-state index in [2.05, 4.69) is 16.8 Å². The summed E-state index contributed by atoms with van der Waals surface area (Å²) in [5, 5.41) is 21.4. The molecule has 1 fully saturated rings. The number of halogens is 1. The summed E-state index contributed by atoms with van der Waals surface area (Å²) in [7, 11) is 2.09. The Labute approximate surface area is 224 Å². The molecule has 0 unspecified atom stereocenters. The Kier molecular flexibility index (Phi) is 8.55. The topological polar surface area (TPSA) is 133 Å². The van der Waals surface area contributed by atoms with Gasteiger partial charge in [0.05, 0.1) is 16.4 Å². The Balaban J connectivity index is 0.000000186. The normalized spacial score (nSPS) is 16.9. The van der Waals surface area contributed by atoms with Crippen LogP contribution in [0.5, 0.6) is 0 Å². The van der Waals surface area contributed by atoms with Crippen molar-refractivity contribution in [3.8, 4) is 0 Å². The Hall–Kier alpha value is -3.61. The molecule has 3 aliphatic heterocycles. The molecular weight excluding hydrogens is 516 g/mol. The number of non-ortho nitro benzene ring substituents is 2. The van der Waals surface area contributed by atoms with E-state index < -0.39 is 9.85 Å². The summed E-state index contributed by atoms with van der Waals surface area (Å²) in [6.45, 7) is 5.36. The molecule has 0 spiro atoms. The van der Waals surface area contributed by atoms with Gasteiger partial charge in [0, 0.05) is 74.9 Å². The fraction of sp³-hybridized carbons (Fsp3) is 0.440. The van der Waals surface area contributed by atoms with Crippen molar-refractivity contribution >= 4 is 46.2 Å². The van der Waals surface area contributed by atoms with Crippen molar-refractivity contribution in [1.82, 2.24) is 9.80 Å². The van der Waals surface area contributed by atoms with Gasteiger partial charge in [0.1, 0.15) is 5.88 Å². The lowest BCUT2D eigenvalue weighted by Crippen LogP contribution is -2.48. The fourth-order valence-electron chi connectivity index (χ4n) is 4.88. The number of piperazine rings is 1. The smallest absolute Gasteiger partial charge is 0.269 e. The second kappa shape index (κ2) is 11.8. The van der Waals surface area contributed by atoms with Gasteiger partial charge in [-0.05, 0) is 43.1 Å². The SMILES string of the molecule is CN1CCN(CC(=O)N2CCc3cc([N+](=O)[O-])ccc32)CC1.O=C(CCl)N1CCc2cc([N+](=O)[O-])ccc21. The Morgan fingerprint density at radius 1 is 0.789 bits per heavy atom. The molecule has 202 valence electrons. The quantitative estimate of drug-likeness (QED) is 0.318. The lowest BCUT2D eigenvalue weighted by molar-refractivity contribution is -0.385. The summed E-state index contributed by atoms with van der Waals surface area (Å²) >= 11 is 5.48. The van der Waals surface area contributed by atoms with E-state index in [1.165, 1.54) is 18.2 Å². The van der Waals surface area contributed by atoms with Crippen LogP contribution < -0.4 is 9.80 Å². The second-order valence-electron chi connectivity index (χ2n) is 9.44. The van der Waals surface area contributed by atoms with Crippen LogP contribution in [0.4, 0.5) is 22.7 Å². The molecule has 0 saturated carbocycles. The van der Waals surface area contributed by atoms with E-state index in [0.717, 1.165) is 48.7 Å². The molecule has 3 heterocycles. The minimum atomic E-state index is -0.438. The molecule has 0 radical (unpaired) electrons. The summed E-state index contributed by atoms with van der Waals surface area (Å²) in [5.74, 6) is -0.164. The monoisotopic (exact) mass is 544 g/mol. The lowest BCUT2D eigenvalue weighted by Gasteiger charge is -2.32. The number of benzene rings is 2. The number of alkyl halides is 1. The van der Waals surface area contributed by atoms with Gasteiger partial charge in [0.25, 0.3) is 11.4 Å². The molecule has 0 bridgehead atoms. The average Bonchev–Trinajstić information content (AvgIpc) is 3.53. The Bertz CT molecular complexity index is 1250. The summed E-state index contributed by atoms with van der Waals surface area (Å²) in [6.07, 6.45) is 1.32. The second-order valence-corrected chi connectivity index (χ2v) is 9.71. The van der Waals surface area contributed by atoms with E-state index in [1.807, 2.05) is 0 Å².